The molecular weight excluding hydrogens is 548 g/mol. The first-order valence-electron chi connectivity index (χ1n) is 12.3. The van der Waals surface area contributed by atoms with E-state index in [1.165, 1.54) is 17.4 Å². The summed E-state index contributed by atoms with van der Waals surface area (Å²) in [5, 5.41) is 6.09. The molecule has 0 atom stereocenters. The monoisotopic (exact) mass is 573 g/mol. The third kappa shape index (κ3) is 5.92. The molecular formula is C29H25F2N7O2S. The number of nitrogens with two attached hydrogens (primary N) is 1. The molecule has 0 spiro atoms. The Bertz CT molecular complexity index is 1720. The second-order valence-electron chi connectivity index (χ2n) is 9.03. The van der Waals surface area contributed by atoms with E-state index < -0.39 is 23.1 Å². The Kier molecular flexibility index (Phi) is 7.74. The second-order valence-corrected chi connectivity index (χ2v) is 10.1. The van der Waals surface area contributed by atoms with Gasteiger partial charge in [0.2, 0.25) is 5.95 Å². The highest BCUT2D eigenvalue weighted by atomic mass is 32.1. The number of carbonyl (C=O) groups is 1. The van der Waals surface area contributed by atoms with Crippen LogP contribution in [0.15, 0.2) is 72.9 Å². The predicted octanol–water partition coefficient (Wildman–Crippen LogP) is 6.20. The molecule has 0 saturated heterocycles. The minimum absolute atomic E-state index is 0.316. The number of ether oxygens (including phenoxy) is 1. The van der Waals surface area contributed by atoms with Gasteiger partial charge >= 0.3 is 0 Å². The number of nitrogens with one attached hydrogen (secondary N) is 2. The maximum absolute atomic E-state index is 14.1. The highest BCUT2D eigenvalue weighted by Gasteiger charge is 2.19. The van der Waals surface area contributed by atoms with Crippen molar-refractivity contribution < 1.29 is 18.3 Å². The van der Waals surface area contributed by atoms with Crippen molar-refractivity contribution in [2.45, 2.75) is 0 Å². The number of anilines is 5. The van der Waals surface area contributed by atoms with Gasteiger partial charge in [0, 0.05) is 37.2 Å². The molecule has 208 valence electrons. The summed E-state index contributed by atoms with van der Waals surface area (Å²) in [6.07, 6.45) is 1.63. The van der Waals surface area contributed by atoms with Gasteiger partial charge in [-0.15, -0.1) is 0 Å². The standard InChI is InChI=1S/C29H25F2N7O2S/c1-38(2)22-15-18(10-11-23(22)40-3)35-29-33-13-12-21(36-29)26-25(37-28(32)41-26)16-6-4-7-17(14-16)34-27(39)24-19(30)8-5-9-20(24)31/h4-15H,1-3H3,(H2,32,37)(H,34,39)(H,33,35,36). The molecule has 0 aliphatic carbocycles. The number of carbonyl (C=O) groups excluding carboxylic acids is 1. The van der Waals surface area contributed by atoms with Crippen LogP contribution in [0.3, 0.4) is 0 Å². The molecule has 12 heteroatoms. The number of nitrogen functional groups attached to an aromatic ring is 1. The van der Waals surface area contributed by atoms with Crippen LogP contribution in [-0.2, 0) is 0 Å². The van der Waals surface area contributed by atoms with Crippen molar-refractivity contribution in [3.63, 3.8) is 0 Å². The molecule has 0 aliphatic rings. The Morgan fingerprint density at radius 2 is 1.73 bits per heavy atom. The Labute approximate surface area is 238 Å². The SMILES string of the molecule is COc1ccc(Nc2nccc(-c3sc(N)nc3-c3cccc(NC(=O)c4c(F)cccc4F)c3)n2)cc1N(C)C. The van der Waals surface area contributed by atoms with E-state index >= 15 is 0 Å². The van der Waals surface area contributed by atoms with E-state index in [0.717, 1.165) is 29.3 Å². The van der Waals surface area contributed by atoms with Crippen molar-refractivity contribution in [3.8, 4) is 27.6 Å². The van der Waals surface area contributed by atoms with E-state index in [-0.39, 0.29) is 0 Å². The maximum Gasteiger partial charge on any atom is 0.261 e. The second kappa shape index (κ2) is 11.6. The van der Waals surface area contributed by atoms with Crippen LogP contribution in [0.4, 0.5) is 36.9 Å². The Morgan fingerprint density at radius 1 is 0.976 bits per heavy atom. The molecule has 2 heterocycles. The largest absolute Gasteiger partial charge is 0.495 e. The minimum Gasteiger partial charge on any atom is -0.495 e. The summed E-state index contributed by atoms with van der Waals surface area (Å²) in [6.45, 7) is 0. The van der Waals surface area contributed by atoms with Gasteiger partial charge in [0.25, 0.3) is 5.91 Å². The maximum atomic E-state index is 14.1. The number of amides is 1. The topological polar surface area (TPSA) is 118 Å². The number of halogens is 2. The molecule has 5 rings (SSSR count). The molecule has 9 nitrogen and oxygen atoms in total. The summed E-state index contributed by atoms with van der Waals surface area (Å²) >= 11 is 1.25. The number of rotatable bonds is 8. The van der Waals surface area contributed by atoms with Gasteiger partial charge < -0.3 is 26.0 Å². The zero-order valence-corrected chi connectivity index (χ0v) is 23.1. The van der Waals surface area contributed by atoms with Crippen LogP contribution < -0.4 is 26.0 Å². The number of hydrogen-bond donors (Lipinski definition) is 3. The molecule has 4 N–H and O–H groups in total. The quantitative estimate of drug-likeness (QED) is 0.201. The van der Waals surface area contributed by atoms with Crippen LogP contribution >= 0.6 is 11.3 Å². The third-order valence-corrected chi connectivity index (χ3v) is 6.94. The summed E-state index contributed by atoms with van der Waals surface area (Å²) < 4.78 is 33.6. The zero-order valence-electron chi connectivity index (χ0n) is 22.3. The lowest BCUT2D eigenvalue weighted by molar-refractivity contribution is 0.101. The van der Waals surface area contributed by atoms with Gasteiger partial charge in [-0.3, -0.25) is 4.79 Å². The van der Waals surface area contributed by atoms with E-state index in [1.54, 1.807) is 43.6 Å². The summed E-state index contributed by atoms with van der Waals surface area (Å²) in [5.41, 5.74) is 9.15. The first-order chi connectivity index (χ1) is 19.7. The summed E-state index contributed by atoms with van der Waals surface area (Å²) in [5.74, 6) is -1.71. The van der Waals surface area contributed by atoms with Gasteiger partial charge in [0.05, 0.1) is 29.1 Å². The number of benzene rings is 3. The van der Waals surface area contributed by atoms with Crippen LogP contribution in [0, 0.1) is 11.6 Å². The van der Waals surface area contributed by atoms with Gasteiger partial charge in [0.15, 0.2) is 5.13 Å². The molecule has 3 aromatic carbocycles. The number of nitrogens with zero attached hydrogens (tertiary/aromatic N) is 4. The lowest BCUT2D eigenvalue weighted by Crippen LogP contribution is -2.15. The van der Waals surface area contributed by atoms with Crippen molar-refractivity contribution >= 4 is 45.4 Å². The molecule has 2 aromatic heterocycles. The molecule has 0 saturated carbocycles. The molecule has 1 amide bonds. The van der Waals surface area contributed by atoms with Crippen LogP contribution in [0.1, 0.15) is 10.4 Å². The van der Waals surface area contributed by atoms with Gasteiger partial charge in [-0.1, -0.05) is 29.5 Å². The van der Waals surface area contributed by atoms with Crippen molar-refractivity contribution in [3.05, 3.63) is 90.1 Å². The fourth-order valence-electron chi connectivity index (χ4n) is 4.15. The molecule has 5 aromatic rings. The molecule has 0 aliphatic heterocycles. The Balaban J connectivity index is 1.43. The summed E-state index contributed by atoms with van der Waals surface area (Å²) in [7, 11) is 5.47. The van der Waals surface area contributed by atoms with Gasteiger partial charge in [0.1, 0.15) is 22.9 Å². The fourth-order valence-corrected chi connectivity index (χ4v) is 4.97. The molecule has 0 bridgehead atoms. The Hall–Kier alpha value is -5.10. The van der Waals surface area contributed by atoms with Gasteiger partial charge in [-0.25, -0.2) is 23.7 Å². The predicted molar refractivity (Wildman–Crippen MR) is 158 cm³/mol. The van der Waals surface area contributed by atoms with Crippen molar-refractivity contribution in [1.29, 1.82) is 0 Å². The van der Waals surface area contributed by atoms with E-state index in [4.69, 9.17) is 10.5 Å². The van der Waals surface area contributed by atoms with E-state index in [0.29, 0.717) is 38.6 Å². The normalized spacial score (nSPS) is 10.8. The van der Waals surface area contributed by atoms with Gasteiger partial charge in [-0.05, 0) is 48.5 Å². The minimum atomic E-state index is -0.950. The highest BCUT2D eigenvalue weighted by molar-refractivity contribution is 7.19. The number of methoxy groups -OCH3 is 1. The number of hydrogen-bond acceptors (Lipinski definition) is 9. The number of thiazole rings is 1. The summed E-state index contributed by atoms with van der Waals surface area (Å²) in [4.78, 5) is 28.8. The molecule has 0 radical (unpaired) electrons. The van der Waals surface area contributed by atoms with E-state index in [9.17, 15) is 13.6 Å². The van der Waals surface area contributed by atoms with E-state index in [1.807, 2.05) is 37.2 Å². The van der Waals surface area contributed by atoms with Gasteiger partial charge in [-0.2, -0.15) is 0 Å². The van der Waals surface area contributed by atoms with Crippen LogP contribution in [0.5, 0.6) is 5.75 Å². The smallest absolute Gasteiger partial charge is 0.261 e. The first kappa shape index (κ1) is 27.5. The van der Waals surface area contributed by atoms with Crippen molar-refractivity contribution in [2.24, 2.45) is 0 Å². The molecule has 0 fully saturated rings. The molecule has 0 unspecified atom stereocenters. The van der Waals surface area contributed by atoms with Crippen LogP contribution in [0.2, 0.25) is 0 Å². The van der Waals surface area contributed by atoms with Crippen LogP contribution in [0.25, 0.3) is 21.8 Å². The highest BCUT2D eigenvalue weighted by Crippen LogP contribution is 2.38. The zero-order chi connectivity index (χ0) is 29.1. The van der Waals surface area contributed by atoms with Crippen LogP contribution in [-0.4, -0.2) is 42.1 Å². The average Bonchev–Trinajstić information content (AvgIpc) is 3.35. The summed E-state index contributed by atoms with van der Waals surface area (Å²) in [6, 6.07) is 17.4. The lowest BCUT2D eigenvalue weighted by Gasteiger charge is -2.18. The van der Waals surface area contributed by atoms with Crippen molar-refractivity contribution in [2.75, 3.05) is 42.5 Å². The van der Waals surface area contributed by atoms with E-state index in [2.05, 4.69) is 25.6 Å². The Morgan fingerprint density at radius 3 is 2.46 bits per heavy atom. The third-order valence-electron chi connectivity index (χ3n) is 6.03. The first-order valence-corrected chi connectivity index (χ1v) is 13.1. The van der Waals surface area contributed by atoms with Crippen molar-refractivity contribution in [1.82, 2.24) is 15.0 Å². The molecule has 41 heavy (non-hydrogen) atoms. The fraction of sp³-hybridized carbons (Fsp3) is 0.103. The number of aromatic nitrogens is 3. The average molecular weight is 574 g/mol. The lowest BCUT2D eigenvalue weighted by atomic mass is 10.1.